The molecule has 6 nitrogen and oxygen atoms in total. The van der Waals surface area contributed by atoms with Crippen LogP contribution < -0.4 is 14.8 Å². The van der Waals surface area contributed by atoms with Crippen LogP contribution in [0.2, 0.25) is 0 Å². The highest BCUT2D eigenvalue weighted by atomic mass is 32.2. The minimum Gasteiger partial charge on any atom is -0.494 e. The Labute approximate surface area is 212 Å². The van der Waals surface area contributed by atoms with Crippen LogP contribution in [-0.4, -0.2) is 34.3 Å². The number of anilines is 1. The molecular weight excluding hydrogens is 454 g/mol. The van der Waals surface area contributed by atoms with Gasteiger partial charge in [0.15, 0.2) is 5.65 Å². The molecule has 4 aromatic rings. The van der Waals surface area contributed by atoms with E-state index in [4.69, 9.17) is 9.72 Å². The molecule has 1 saturated carbocycles. The highest BCUT2D eigenvalue weighted by molar-refractivity contribution is 7.97. The molecule has 35 heavy (non-hydrogen) atoms. The zero-order chi connectivity index (χ0) is 24.5. The molecule has 0 bridgehead atoms. The summed E-state index contributed by atoms with van der Waals surface area (Å²) >= 11 is 1.64. The minimum absolute atomic E-state index is 0.687. The van der Waals surface area contributed by atoms with Gasteiger partial charge in [0.1, 0.15) is 11.6 Å². The molecule has 1 aliphatic carbocycles. The highest BCUT2D eigenvalue weighted by Crippen LogP contribution is 2.26. The number of aromatic nitrogens is 3. The van der Waals surface area contributed by atoms with Gasteiger partial charge in [-0.15, -0.1) is 0 Å². The number of ether oxygens (including phenoxy) is 1. The maximum atomic E-state index is 5.49. The molecule has 184 valence electrons. The Kier molecular flexibility index (Phi) is 9.03. The zero-order valence-electron chi connectivity index (χ0n) is 20.9. The Morgan fingerprint density at radius 3 is 2.46 bits per heavy atom. The van der Waals surface area contributed by atoms with Crippen LogP contribution in [0.5, 0.6) is 5.75 Å². The van der Waals surface area contributed by atoms with Crippen molar-refractivity contribution in [3.05, 3.63) is 71.9 Å². The largest absolute Gasteiger partial charge is 0.494 e. The first-order valence-corrected chi connectivity index (χ1v) is 13.2. The van der Waals surface area contributed by atoms with Crippen LogP contribution in [0.3, 0.4) is 0 Å². The van der Waals surface area contributed by atoms with Crippen molar-refractivity contribution in [2.24, 2.45) is 0 Å². The SMILES string of the molecule is C1CC1.CCOc1ccc(SNCCCNc2cc(-c3ccccc3C)nc3c(C)cnn23)cc1. The fraction of sp³-hybridized carbons (Fsp3) is 0.357. The Balaban J connectivity index is 0.000000894. The van der Waals surface area contributed by atoms with Gasteiger partial charge in [-0.1, -0.05) is 43.5 Å². The first-order valence-electron chi connectivity index (χ1n) is 12.4. The van der Waals surface area contributed by atoms with Gasteiger partial charge in [0.25, 0.3) is 0 Å². The van der Waals surface area contributed by atoms with E-state index in [2.05, 4.69) is 64.5 Å². The van der Waals surface area contributed by atoms with Crippen LogP contribution in [0.1, 0.15) is 43.7 Å². The molecule has 0 saturated heterocycles. The molecular formula is C28H35N5OS. The van der Waals surface area contributed by atoms with Gasteiger partial charge in [-0.25, -0.2) is 4.98 Å². The maximum absolute atomic E-state index is 5.49. The lowest BCUT2D eigenvalue weighted by atomic mass is 10.1. The fourth-order valence-corrected chi connectivity index (χ4v) is 4.16. The van der Waals surface area contributed by atoms with Crippen molar-refractivity contribution < 1.29 is 4.74 Å². The lowest BCUT2D eigenvalue weighted by molar-refractivity contribution is 0.340. The molecule has 7 heteroatoms. The maximum Gasteiger partial charge on any atom is 0.160 e. The van der Waals surface area contributed by atoms with E-state index >= 15 is 0 Å². The van der Waals surface area contributed by atoms with Crippen LogP contribution >= 0.6 is 11.9 Å². The van der Waals surface area contributed by atoms with Gasteiger partial charge in [-0.2, -0.15) is 9.61 Å². The summed E-state index contributed by atoms with van der Waals surface area (Å²) in [6.45, 7) is 8.57. The second-order valence-corrected chi connectivity index (χ2v) is 9.61. The molecule has 0 atom stereocenters. The van der Waals surface area contributed by atoms with Gasteiger partial charge in [-0.3, -0.25) is 4.72 Å². The van der Waals surface area contributed by atoms with E-state index in [-0.39, 0.29) is 0 Å². The molecule has 0 amide bonds. The van der Waals surface area contributed by atoms with Gasteiger partial charge in [0, 0.05) is 35.2 Å². The van der Waals surface area contributed by atoms with E-state index in [9.17, 15) is 0 Å². The summed E-state index contributed by atoms with van der Waals surface area (Å²) in [5, 5.41) is 8.06. The van der Waals surface area contributed by atoms with Gasteiger partial charge in [0.05, 0.1) is 18.5 Å². The molecule has 5 rings (SSSR count). The number of hydrogen-bond acceptors (Lipinski definition) is 6. The number of hydrogen-bond donors (Lipinski definition) is 2. The van der Waals surface area contributed by atoms with Gasteiger partial charge in [0.2, 0.25) is 0 Å². The zero-order valence-corrected chi connectivity index (χ0v) is 21.7. The number of nitrogens with zero attached hydrogens (tertiary/aromatic N) is 3. The summed E-state index contributed by atoms with van der Waals surface area (Å²) in [6.07, 6.45) is 7.35. The molecule has 2 heterocycles. The monoisotopic (exact) mass is 489 g/mol. The van der Waals surface area contributed by atoms with Crippen molar-refractivity contribution in [1.29, 1.82) is 0 Å². The Morgan fingerprint density at radius 1 is 0.971 bits per heavy atom. The molecule has 0 spiro atoms. The number of rotatable bonds is 10. The number of fused-ring (bicyclic) bond motifs is 1. The van der Waals surface area contributed by atoms with Gasteiger partial charge in [-0.05, 0) is 69.0 Å². The van der Waals surface area contributed by atoms with E-state index < -0.39 is 0 Å². The summed E-state index contributed by atoms with van der Waals surface area (Å²) < 4.78 is 10.8. The molecule has 1 aliphatic rings. The molecule has 0 radical (unpaired) electrons. The van der Waals surface area contributed by atoms with Gasteiger partial charge < -0.3 is 10.1 Å². The summed E-state index contributed by atoms with van der Waals surface area (Å²) in [5.74, 6) is 1.86. The lowest BCUT2D eigenvalue weighted by Gasteiger charge is -2.12. The van der Waals surface area contributed by atoms with Crippen molar-refractivity contribution in [2.75, 3.05) is 25.0 Å². The topological polar surface area (TPSA) is 63.5 Å². The fourth-order valence-electron chi connectivity index (χ4n) is 3.48. The molecule has 2 aromatic carbocycles. The first kappa shape index (κ1) is 25.1. The summed E-state index contributed by atoms with van der Waals surface area (Å²) in [6, 6.07) is 18.6. The second-order valence-electron chi connectivity index (χ2n) is 8.65. The van der Waals surface area contributed by atoms with E-state index in [0.29, 0.717) is 6.61 Å². The molecule has 2 aromatic heterocycles. The van der Waals surface area contributed by atoms with E-state index in [1.165, 1.54) is 29.7 Å². The lowest BCUT2D eigenvalue weighted by Crippen LogP contribution is -2.13. The van der Waals surface area contributed by atoms with Crippen molar-refractivity contribution >= 4 is 23.4 Å². The van der Waals surface area contributed by atoms with Crippen molar-refractivity contribution in [2.45, 2.75) is 51.3 Å². The first-order chi connectivity index (χ1) is 17.2. The minimum atomic E-state index is 0.687. The molecule has 1 fully saturated rings. The van der Waals surface area contributed by atoms with Crippen LogP contribution in [0.4, 0.5) is 5.82 Å². The molecule has 0 aliphatic heterocycles. The van der Waals surface area contributed by atoms with E-state index in [1.54, 1.807) is 11.9 Å². The quantitative estimate of drug-likeness (QED) is 0.191. The highest BCUT2D eigenvalue weighted by Gasteiger charge is 2.11. The number of aryl methyl sites for hydroxylation is 2. The third-order valence-electron chi connectivity index (χ3n) is 5.51. The van der Waals surface area contributed by atoms with E-state index in [1.807, 2.05) is 36.7 Å². The predicted octanol–water partition coefficient (Wildman–Crippen LogP) is 6.68. The van der Waals surface area contributed by atoms with Crippen molar-refractivity contribution in [1.82, 2.24) is 19.3 Å². The average Bonchev–Trinajstić information content (AvgIpc) is 3.72. The third kappa shape index (κ3) is 7.23. The van der Waals surface area contributed by atoms with Crippen LogP contribution in [0.25, 0.3) is 16.9 Å². The standard InChI is InChI=1S/C25H29N5OS.C3H6/c1-4-31-20-10-12-21(13-11-20)32-28-15-7-14-26-24-16-23(22-9-6-5-8-18(22)2)29-25-19(3)17-27-30(24)25;1-2-3-1/h5-6,8-13,16-17,26,28H,4,7,14-15H2,1-3H3;1-3H2. The normalized spacial score (nSPS) is 12.2. The predicted molar refractivity (Wildman–Crippen MR) is 146 cm³/mol. The van der Waals surface area contributed by atoms with Crippen LogP contribution in [-0.2, 0) is 0 Å². The summed E-state index contributed by atoms with van der Waals surface area (Å²) in [4.78, 5) is 6.04. The molecule has 2 N–H and O–H groups in total. The van der Waals surface area contributed by atoms with Crippen LogP contribution in [0.15, 0.2) is 65.7 Å². The Hall–Kier alpha value is -3.03. The van der Waals surface area contributed by atoms with Crippen molar-refractivity contribution in [3.8, 4) is 17.0 Å². The smallest absolute Gasteiger partial charge is 0.160 e. The van der Waals surface area contributed by atoms with Gasteiger partial charge >= 0.3 is 0 Å². The Morgan fingerprint density at radius 2 is 1.74 bits per heavy atom. The number of benzene rings is 2. The summed E-state index contributed by atoms with van der Waals surface area (Å²) in [5.41, 5.74) is 5.27. The average molecular weight is 490 g/mol. The number of nitrogens with one attached hydrogen (secondary N) is 2. The van der Waals surface area contributed by atoms with Crippen molar-refractivity contribution in [3.63, 3.8) is 0 Å². The third-order valence-corrected chi connectivity index (χ3v) is 6.37. The molecule has 0 unspecified atom stereocenters. The van der Waals surface area contributed by atoms with E-state index in [0.717, 1.165) is 53.5 Å². The second kappa shape index (κ2) is 12.6. The van der Waals surface area contributed by atoms with Crippen LogP contribution in [0, 0.1) is 13.8 Å². The Bertz CT molecular complexity index is 1220. The summed E-state index contributed by atoms with van der Waals surface area (Å²) in [7, 11) is 0.